The number of nitrogens with two attached hydrogens (primary N) is 1. The Hall–Kier alpha value is -2.33. The van der Waals surface area contributed by atoms with Crippen molar-refractivity contribution in [2.45, 2.75) is 12.5 Å². The van der Waals surface area contributed by atoms with Gasteiger partial charge in [-0.1, -0.05) is 42.5 Å². The molecule has 1 aliphatic rings. The Morgan fingerprint density at radius 1 is 1.14 bits per heavy atom. The van der Waals surface area contributed by atoms with Crippen molar-refractivity contribution in [3.8, 4) is 5.75 Å². The largest absolute Gasteiger partial charge is 0.490 e. The van der Waals surface area contributed by atoms with Gasteiger partial charge in [0.2, 0.25) is 5.91 Å². The van der Waals surface area contributed by atoms with Crippen molar-refractivity contribution in [3.63, 3.8) is 0 Å². The number of nitrogens with zero attached hydrogens (tertiary/aromatic N) is 1. The molecule has 0 spiro atoms. The van der Waals surface area contributed by atoms with Gasteiger partial charge in [0.05, 0.1) is 18.3 Å². The Kier molecular flexibility index (Phi) is 3.88. The lowest BCUT2D eigenvalue weighted by molar-refractivity contribution is -0.120. The maximum atomic E-state index is 12.6. The van der Waals surface area contributed by atoms with Crippen LogP contribution in [0.4, 0.5) is 5.69 Å². The van der Waals surface area contributed by atoms with E-state index in [1.54, 1.807) is 4.90 Å². The minimum absolute atomic E-state index is 0.0606. The lowest BCUT2D eigenvalue weighted by Gasteiger charge is -2.31. The zero-order chi connectivity index (χ0) is 14.7. The molecule has 0 fully saturated rings. The highest BCUT2D eigenvalue weighted by Crippen LogP contribution is 2.31. The zero-order valence-electron chi connectivity index (χ0n) is 11.7. The molecule has 1 amide bonds. The number of anilines is 1. The van der Waals surface area contributed by atoms with Crippen molar-refractivity contribution >= 4 is 11.6 Å². The van der Waals surface area contributed by atoms with E-state index in [1.165, 1.54) is 0 Å². The fourth-order valence-electron chi connectivity index (χ4n) is 2.55. The Labute approximate surface area is 124 Å². The van der Waals surface area contributed by atoms with Crippen LogP contribution in [0.3, 0.4) is 0 Å². The molecule has 4 heteroatoms. The molecule has 1 aliphatic heterocycles. The Morgan fingerprint density at radius 2 is 1.86 bits per heavy atom. The molecule has 0 radical (unpaired) electrons. The Balaban J connectivity index is 1.77. The molecule has 2 aromatic carbocycles. The third kappa shape index (κ3) is 2.90. The van der Waals surface area contributed by atoms with Gasteiger partial charge in [-0.3, -0.25) is 4.79 Å². The molecule has 0 aromatic heterocycles. The molecular weight excluding hydrogens is 264 g/mol. The first-order valence-electron chi connectivity index (χ1n) is 7.08. The van der Waals surface area contributed by atoms with E-state index >= 15 is 0 Å². The average Bonchev–Trinajstić information content (AvgIpc) is 2.54. The van der Waals surface area contributed by atoms with Crippen molar-refractivity contribution < 1.29 is 9.53 Å². The van der Waals surface area contributed by atoms with E-state index in [1.807, 2.05) is 54.6 Å². The van der Waals surface area contributed by atoms with Crippen LogP contribution in [0.15, 0.2) is 54.6 Å². The van der Waals surface area contributed by atoms with Gasteiger partial charge < -0.3 is 15.4 Å². The van der Waals surface area contributed by atoms with E-state index in [4.69, 9.17) is 10.5 Å². The lowest BCUT2D eigenvalue weighted by Crippen LogP contribution is -2.48. The van der Waals surface area contributed by atoms with Gasteiger partial charge in [0.1, 0.15) is 12.4 Å². The summed E-state index contributed by atoms with van der Waals surface area (Å²) in [7, 11) is 0. The second kappa shape index (κ2) is 5.97. The highest BCUT2D eigenvalue weighted by molar-refractivity contribution is 5.98. The SMILES string of the molecule is NC(Cc1ccccc1)C(=O)N1CCOc2ccccc21. The van der Waals surface area contributed by atoms with Crippen molar-refractivity contribution in [1.29, 1.82) is 0 Å². The summed E-state index contributed by atoms with van der Waals surface area (Å²) in [4.78, 5) is 14.3. The van der Waals surface area contributed by atoms with Crippen LogP contribution in [0.5, 0.6) is 5.75 Å². The normalized spacial score (nSPS) is 15.0. The fourth-order valence-corrected chi connectivity index (χ4v) is 2.55. The third-order valence-corrected chi connectivity index (χ3v) is 3.61. The first-order chi connectivity index (χ1) is 10.3. The van der Waals surface area contributed by atoms with Crippen LogP contribution in [-0.4, -0.2) is 25.1 Å². The topological polar surface area (TPSA) is 55.6 Å². The average molecular weight is 282 g/mol. The van der Waals surface area contributed by atoms with Crippen molar-refractivity contribution in [2.24, 2.45) is 5.73 Å². The summed E-state index contributed by atoms with van der Waals surface area (Å²) in [6, 6.07) is 16.9. The molecule has 0 bridgehead atoms. The van der Waals surface area contributed by atoms with Crippen molar-refractivity contribution in [2.75, 3.05) is 18.1 Å². The highest BCUT2D eigenvalue weighted by Gasteiger charge is 2.27. The van der Waals surface area contributed by atoms with Gasteiger partial charge in [-0.15, -0.1) is 0 Å². The standard InChI is InChI=1S/C17H18N2O2/c18-14(12-13-6-2-1-3-7-13)17(20)19-10-11-21-16-9-5-4-8-15(16)19/h1-9,14H,10-12,18H2. The molecule has 2 aromatic rings. The second-order valence-corrected chi connectivity index (χ2v) is 5.10. The fraction of sp³-hybridized carbons (Fsp3) is 0.235. The number of carbonyl (C=O) groups excluding carboxylic acids is 1. The van der Waals surface area contributed by atoms with Gasteiger partial charge in [0, 0.05) is 0 Å². The second-order valence-electron chi connectivity index (χ2n) is 5.10. The molecule has 3 rings (SSSR count). The maximum Gasteiger partial charge on any atom is 0.244 e. The molecule has 2 N–H and O–H groups in total. The van der Waals surface area contributed by atoms with Gasteiger partial charge in [0.15, 0.2) is 0 Å². The number of hydrogen-bond acceptors (Lipinski definition) is 3. The van der Waals surface area contributed by atoms with Crippen molar-refractivity contribution in [3.05, 3.63) is 60.2 Å². The quantitative estimate of drug-likeness (QED) is 0.936. The van der Waals surface area contributed by atoms with E-state index in [0.717, 1.165) is 17.0 Å². The lowest BCUT2D eigenvalue weighted by atomic mass is 10.0. The number of para-hydroxylation sites is 2. The van der Waals surface area contributed by atoms with Gasteiger partial charge in [-0.2, -0.15) is 0 Å². The van der Waals surface area contributed by atoms with Gasteiger partial charge >= 0.3 is 0 Å². The summed E-state index contributed by atoms with van der Waals surface area (Å²) < 4.78 is 5.57. The predicted molar refractivity (Wildman–Crippen MR) is 82.4 cm³/mol. The van der Waals surface area contributed by atoms with Gasteiger partial charge in [0.25, 0.3) is 0 Å². The summed E-state index contributed by atoms with van der Waals surface area (Å²) in [5.41, 5.74) is 7.98. The Morgan fingerprint density at radius 3 is 2.67 bits per heavy atom. The molecular formula is C17H18N2O2. The summed E-state index contributed by atoms with van der Waals surface area (Å²) in [5.74, 6) is 0.679. The Bertz CT molecular complexity index is 628. The van der Waals surface area contributed by atoms with Crippen LogP contribution < -0.4 is 15.4 Å². The van der Waals surface area contributed by atoms with Gasteiger partial charge in [-0.05, 0) is 24.1 Å². The van der Waals surface area contributed by atoms with E-state index in [2.05, 4.69) is 0 Å². The molecule has 1 unspecified atom stereocenters. The first-order valence-corrected chi connectivity index (χ1v) is 7.08. The van der Waals surface area contributed by atoms with E-state index < -0.39 is 6.04 Å². The number of amides is 1. The van der Waals surface area contributed by atoms with E-state index in [9.17, 15) is 4.79 Å². The molecule has 0 saturated carbocycles. The summed E-state index contributed by atoms with van der Waals surface area (Å²) >= 11 is 0. The predicted octanol–water partition coefficient (Wildman–Crippen LogP) is 1.98. The number of fused-ring (bicyclic) bond motifs is 1. The molecule has 0 saturated heterocycles. The zero-order valence-corrected chi connectivity index (χ0v) is 11.7. The summed E-state index contributed by atoms with van der Waals surface area (Å²) in [5, 5.41) is 0. The van der Waals surface area contributed by atoms with Crippen molar-refractivity contribution in [1.82, 2.24) is 0 Å². The monoisotopic (exact) mass is 282 g/mol. The van der Waals surface area contributed by atoms with Gasteiger partial charge in [-0.25, -0.2) is 0 Å². The number of benzene rings is 2. The van der Waals surface area contributed by atoms with Crippen LogP contribution in [0.1, 0.15) is 5.56 Å². The first kappa shape index (κ1) is 13.6. The highest BCUT2D eigenvalue weighted by atomic mass is 16.5. The number of carbonyl (C=O) groups is 1. The molecule has 4 nitrogen and oxygen atoms in total. The van der Waals surface area contributed by atoms with E-state index in [-0.39, 0.29) is 5.91 Å². The minimum Gasteiger partial charge on any atom is -0.490 e. The molecule has 1 atom stereocenters. The van der Waals surface area contributed by atoms with Crippen LogP contribution in [-0.2, 0) is 11.2 Å². The summed E-state index contributed by atoms with van der Waals surface area (Å²) in [6.45, 7) is 1.04. The molecule has 21 heavy (non-hydrogen) atoms. The molecule has 0 aliphatic carbocycles. The third-order valence-electron chi connectivity index (χ3n) is 3.61. The maximum absolute atomic E-state index is 12.6. The van der Waals surface area contributed by atoms with Crippen LogP contribution >= 0.6 is 0 Å². The minimum atomic E-state index is -0.543. The summed E-state index contributed by atoms with van der Waals surface area (Å²) in [6.07, 6.45) is 0.541. The van der Waals surface area contributed by atoms with Crippen LogP contribution in [0, 0.1) is 0 Å². The van der Waals surface area contributed by atoms with Crippen LogP contribution in [0.2, 0.25) is 0 Å². The number of hydrogen-bond donors (Lipinski definition) is 1. The molecule has 1 heterocycles. The number of rotatable bonds is 3. The van der Waals surface area contributed by atoms with E-state index in [0.29, 0.717) is 19.6 Å². The smallest absolute Gasteiger partial charge is 0.244 e. The molecule has 108 valence electrons. The number of ether oxygens (including phenoxy) is 1. The van der Waals surface area contributed by atoms with Crippen LogP contribution in [0.25, 0.3) is 0 Å².